The third kappa shape index (κ3) is 5.43. The largest absolute Gasteiger partial charge is 0.448 e. The molecule has 2 amide bonds. The van der Waals surface area contributed by atoms with Crippen molar-refractivity contribution in [1.29, 1.82) is 5.26 Å². The first-order valence-corrected chi connectivity index (χ1v) is 11.9. The highest BCUT2D eigenvalue weighted by Crippen LogP contribution is 2.37. The fourth-order valence-electron chi connectivity index (χ4n) is 3.93. The molecule has 1 aliphatic rings. The number of thiophene rings is 1. The van der Waals surface area contributed by atoms with E-state index in [0.717, 1.165) is 21.7 Å². The molecule has 0 spiro atoms. The van der Waals surface area contributed by atoms with Gasteiger partial charge in [0.25, 0.3) is 0 Å². The number of hydrogen-bond donors (Lipinski definition) is 1. The molecular weight excluding hydrogens is 452 g/mol. The van der Waals surface area contributed by atoms with Gasteiger partial charge in [0.15, 0.2) is 0 Å². The molecule has 1 N–H and O–H groups in total. The van der Waals surface area contributed by atoms with Crippen LogP contribution in [0.5, 0.6) is 0 Å². The van der Waals surface area contributed by atoms with Gasteiger partial charge in [0.05, 0.1) is 30.7 Å². The summed E-state index contributed by atoms with van der Waals surface area (Å²) in [6.07, 6.45) is 7.51. The summed E-state index contributed by atoms with van der Waals surface area (Å²) in [5, 5.41) is 13.2. The number of carbonyl (C=O) groups is 2. The first-order valence-electron chi connectivity index (χ1n) is 11.1. The first kappa shape index (κ1) is 23.4. The standard InChI is InChI=1S/C24H26N6O3S/c1-16(18-4-3-6-26-12-18)10-22(31)28-23-20(11-25)19-5-7-30(14-21(19)34-23)24(32)33-9-8-29-13-17(2)27-15-29/h3-4,6,12-13,15-16H,5,7-10,14H2,1-2H3,(H,28,31)/t16-/m0/s1. The van der Waals surface area contributed by atoms with Crippen molar-refractivity contribution in [2.45, 2.75) is 45.7 Å². The summed E-state index contributed by atoms with van der Waals surface area (Å²) in [4.78, 5) is 36.0. The van der Waals surface area contributed by atoms with Gasteiger partial charge in [-0.2, -0.15) is 5.26 Å². The quantitative estimate of drug-likeness (QED) is 0.552. The van der Waals surface area contributed by atoms with Crippen molar-refractivity contribution in [3.63, 3.8) is 0 Å². The van der Waals surface area contributed by atoms with E-state index in [9.17, 15) is 14.9 Å². The van der Waals surface area contributed by atoms with Crippen molar-refractivity contribution in [2.24, 2.45) is 0 Å². The van der Waals surface area contributed by atoms with E-state index in [1.54, 1.807) is 23.6 Å². The van der Waals surface area contributed by atoms with Crippen LogP contribution in [0.1, 0.15) is 46.5 Å². The van der Waals surface area contributed by atoms with E-state index >= 15 is 0 Å². The molecule has 0 aromatic carbocycles. The normalized spacial score (nSPS) is 13.6. The summed E-state index contributed by atoms with van der Waals surface area (Å²) < 4.78 is 7.30. The van der Waals surface area contributed by atoms with Crippen molar-refractivity contribution >= 4 is 28.3 Å². The minimum atomic E-state index is -0.384. The number of amides is 2. The Morgan fingerprint density at radius 2 is 2.26 bits per heavy atom. The Morgan fingerprint density at radius 3 is 2.97 bits per heavy atom. The van der Waals surface area contributed by atoms with Crippen LogP contribution in [0, 0.1) is 18.3 Å². The molecule has 1 atom stereocenters. The topological polar surface area (TPSA) is 113 Å². The lowest BCUT2D eigenvalue weighted by Gasteiger charge is -2.26. The van der Waals surface area contributed by atoms with Crippen LogP contribution >= 0.6 is 11.3 Å². The van der Waals surface area contributed by atoms with E-state index in [-0.39, 0.29) is 30.9 Å². The van der Waals surface area contributed by atoms with Gasteiger partial charge < -0.3 is 19.5 Å². The maximum atomic E-state index is 12.7. The van der Waals surface area contributed by atoms with Gasteiger partial charge in [0.2, 0.25) is 5.91 Å². The molecule has 10 heteroatoms. The summed E-state index contributed by atoms with van der Waals surface area (Å²) in [5.74, 6) is -0.150. The van der Waals surface area contributed by atoms with Crippen molar-refractivity contribution in [3.8, 4) is 6.07 Å². The van der Waals surface area contributed by atoms with Gasteiger partial charge in [0.1, 0.15) is 17.7 Å². The number of nitrogens with one attached hydrogen (secondary N) is 1. The number of ether oxygens (including phenoxy) is 1. The molecule has 0 saturated heterocycles. The van der Waals surface area contributed by atoms with Crippen LogP contribution in [-0.2, 0) is 29.0 Å². The number of fused-ring (bicyclic) bond motifs is 1. The van der Waals surface area contributed by atoms with Crippen molar-refractivity contribution in [2.75, 3.05) is 18.5 Å². The molecule has 0 bridgehead atoms. The van der Waals surface area contributed by atoms with Gasteiger partial charge in [0, 0.05) is 36.4 Å². The van der Waals surface area contributed by atoms with Crippen LogP contribution in [0.2, 0.25) is 0 Å². The summed E-state index contributed by atoms with van der Waals surface area (Å²) in [6, 6.07) is 6.03. The first-order chi connectivity index (χ1) is 16.4. The van der Waals surface area contributed by atoms with Gasteiger partial charge in [-0.15, -0.1) is 11.3 Å². The Labute approximate surface area is 202 Å². The van der Waals surface area contributed by atoms with E-state index in [0.29, 0.717) is 36.6 Å². The summed E-state index contributed by atoms with van der Waals surface area (Å²) in [7, 11) is 0. The molecule has 4 heterocycles. The number of aromatic nitrogens is 3. The Kier molecular flexibility index (Phi) is 7.23. The Balaban J connectivity index is 1.35. The van der Waals surface area contributed by atoms with E-state index < -0.39 is 0 Å². The van der Waals surface area contributed by atoms with Crippen LogP contribution in [0.4, 0.5) is 9.80 Å². The zero-order chi connectivity index (χ0) is 24.1. The number of hydrogen-bond acceptors (Lipinski definition) is 7. The fourth-order valence-corrected chi connectivity index (χ4v) is 5.16. The number of nitrogens with zero attached hydrogens (tertiary/aromatic N) is 5. The van der Waals surface area contributed by atoms with Crippen molar-refractivity contribution < 1.29 is 14.3 Å². The molecule has 0 aliphatic carbocycles. The Morgan fingerprint density at radius 1 is 1.41 bits per heavy atom. The van der Waals surface area contributed by atoms with E-state index in [1.807, 2.05) is 36.7 Å². The highest BCUT2D eigenvalue weighted by molar-refractivity contribution is 7.16. The average molecular weight is 479 g/mol. The lowest BCUT2D eigenvalue weighted by atomic mass is 9.99. The van der Waals surface area contributed by atoms with Crippen LogP contribution in [0.3, 0.4) is 0 Å². The predicted octanol–water partition coefficient (Wildman–Crippen LogP) is 3.85. The maximum Gasteiger partial charge on any atom is 0.410 e. The number of nitriles is 1. The SMILES string of the molecule is Cc1cn(CCOC(=O)N2CCc3c(sc(NC(=O)C[C@H](C)c4cccnc4)c3C#N)C2)cn1. The number of imidazole rings is 1. The molecule has 34 heavy (non-hydrogen) atoms. The number of aryl methyl sites for hydroxylation is 1. The lowest BCUT2D eigenvalue weighted by Crippen LogP contribution is -2.36. The summed E-state index contributed by atoms with van der Waals surface area (Å²) in [5.41, 5.74) is 3.29. The number of pyridine rings is 1. The molecule has 0 unspecified atom stereocenters. The molecule has 1 aliphatic heterocycles. The molecule has 0 fully saturated rings. The second kappa shape index (κ2) is 10.5. The van der Waals surface area contributed by atoms with Gasteiger partial charge in [-0.05, 0) is 36.5 Å². The predicted molar refractivity (Wildman–Crippen MR) is 127 cm³/mol. The zero-order valence-electron chi connectivity index (χ0n) is 19.2. The molecular formula is C24H26N6O3S. The van der Waals surface area contributed by atoms with Crippen LogP contribution < -0.4 is 5.32 Å². The zero-order valence-corrected chi connectivity index (χ0v) is 20.0. The minimum Gasteiger partial charge on any atom is -0.448 e. The summed E-state index contributed by atoms with van der Waals surface area (Å²) in [6.45, 7) is 5.49. The second-order valence-electron chi connectivity index (χ2n) is 8.30. The molecule has 4 rings (SSSR count). The lowest BCUT2D eigenvalue weighted by molar-refractivity contribution is -0.116. The van der Waals surface area contributed by atoms with E-state index in [1.165, 1.54) is 11.3 Å². The van der Waals surface area contributed by atoms with Crippen LogP contribution in [0.25, 0.3) is 0 Å². The highest BCUT2D eigenvalue weighted by Gasteiger charge is 2.28. The van der Waals surface area contributed by atoms with Crippen molar-refractivity contribution in [1.82, 2.24) is 19.4 Å². The smallest absolute Gasteiger partial charge is 0.410 e. The van der Waals surface area contributed by atoms with Crippen LogP contribution in [-0.4, -0.2) is 44.6 Å². The molecule has 3 aromatic rings. The van der Waals surface area contributed by atoms with Crippen LogP contribution in [0.15, 0.2) is 37.1 Å². The van der Waals surface area contributed by atoms with Crippen molar-refractivity contribution in [3.05, 3.63) is 64.3 Å². The number of anilines is 1. The fraction of sp³-hybridized carbons (Fsp3) is 0.375. The number of rotatable bonds is 7. The highest BCUT2D eigenvalue weighted by atomic mass is 32.1. The minimum absolute atomic E-state index is 0.00493. The molecule has 9 nitrogen and oxygen atoms in total. The second-order valence-corrected chi connectivity index (χ2v) is 9.40. The molecule has 3 aromatic heterocycles. The Bertz CT molecular complexity index is 1210. The summed E-state index contributed by atoms with van der Waals surface area (Å²) >= 11 is 1.35. The van der Waals surface area contributed by atoms with Gasteiger partial charge in [-0.1, -0.05) is 13.0 Å². The number of carbonyl (C=O) groups excluding carboxylic acids is 2. The van der Waals surface area contributed by atoms with E-state index in [4.69, 9.17) is 4.74 Å². The monoisotopic (exact) mass is 478 g/mol. The van der Waals surface area contributed by atoms with Gasteiger partial charge >= 0.3 is 6.09 Å². The molecule has 176 valence electrons. The Hall–Kier alpha value is -3.71. The molecule has 0 saturated carbocycles. The third-order valence-electron chi connectivity index (χ3n) is 5.76. The molecule has 0 radical (unpaired) electrons. The third-order valence-corrected chi connectivity index (χ3v) is 6.89. The van der Waals surface area contributed by atoms with E-state index in [2.05, 4.69) is 21.4 Å². The van der Waals surface area contributed by atoms with Gasteiger partial charge in [-0.25, -0.2) is 9.78 Å². The average Bonchev–Trinajstić information content (AvgIpc) is 3.40. The maximum absolute atomic E-state index is 12.7. The van der Waals surface area contributed by atoms with Gasteiger partial charge in [-0.3, -0.25) is 9.78 Å².